The van der Waals surface area contributed by atoms with Gasteiger partial charge < -0.3 is 19.2 Å². The largest absolute Gasteiger partial charge is 0.493 e. The maximum atomic E-state index is 5.71. The summed E-state index contributed by atoms with van der Waals surface area (Å²) in [6.07, 6.45) is 0. The van der Waals surface area contributed by atoms with Gasteiger partial charge >= 0.3 is 0 Å². The van der Waals surface area contributed by atoms with Gasteiger partial charge in [-0.15, -0.1) is 0 Å². The van der Waals surface area contributed by atoms with Gasteiger partial charge in [-0.25, -0.2) is 0 Å². The minimum absolute atomic E-state index is 0.391. The first-order valence-corrected chi connectivity index (χ1v) is 6.76. The van der Waals surface area contributed by atoms with Gasteiger partial charge in [-0.1, -0.05) is 26.0 Å². The molecule has 0 atom stereocenters. The third-order valence-electron chi connectivity index (χ3n) is 2.84. The number of nitrogens with one attached hydrogen (secondary N) is 1. The Bertz CT molecular complexity index is 534. The number of hydrogen-bond acceptors (Lipinski definition) is 4. The van der Waals surface area contributed by atoms with Crippen molar-refractivity contribution in [3.8, 4) is 11.5 Å². The minimum atomic E-state index is 0.391. The van der Waals surface area contributed by atoms with Crippen molar-refractivity contribution in [2.24, 2.45) is 0 Å². The van der Waals surface area contributed by atoms with E-state index in [2.05, 4.69) is 19.2 Å². The van der Waals surface area contributed by atoms with Gasteiger partial charge in [-0.05, 0) is 24.3 Å². The molecule has 108 valence electrons. The van der Waals surface area contributed by atoms with Gasteiger partial charge in [0.15, 0.2) is 11.5 Å². The number of furan rings is 1. The van der Waals surface area contributed by atoms with Crippen LogP contribution in [0.5, 0.6) is 11.5 Å². The number of ether oxygens (including phenoxy) is 2. The average Bonchev–Trinajstić information content (AvgIpc) is 2.91. The number of benzene rings is 1. The van der Waals surface area contributed by atoms with Gasteiger partial charge in [0.25, 0.3) is 0 Å². The van der Waals surface area contributed by atoms with E-state index in [0.717, 1.165) is 23.8 Å². The van der Waals surface area contributed by atoms with E-state index in [1.54, 1.807) is 7.11 Å². The van der Waals surface area contributed by atoms with Crippen LogP contribution in [-0.2, 0) is 13.2 Å². The average molecular weight is 275 g/mol. The lowest BCUT2D eigenvalue weighted by Crippen LogP contribution is -2.21. The summed E-state index contributed by atoms with van der Waals surface area (Å²) in [6.45, 7) is 5.33. The zero-order chi connectivity index (χ0) is 14.4. The van der Waals surface area contributed by atoms with E-state index in [1.165, 1.54) is 0 Å². The van der Waals surface area contributed by atoms with E-state index in [1.807, 2.05) is 36.4 Å². The summed E-state index contributed by atoms with van der Waals surface area (Å²) in [4.78, 5) is 0. The van der Waals surface area contributed by atoms with Crippen LogP contribution >= 0.6 is 0 Å². The molecule has 20 heavy (non-hydrogen) atoms. The molecule has 4 heteroatoms. The molecule has 0 aliphatic heterocycles. The second-order valence-electron chi connectivity index (χ2n) is 4.84. The Morgan fingerprint density at radius 3 is 2.45 bits per heavy atom. The monoisotopic (exact) mass is 275 g/mol. The number of methoxy groups -OCH3 is 1. The molecule has 0 saturated carbocycles. The van der Waals surface area contributed by atoms with Crippen LogP contribution < -0.4 is 14.8 Å². The highest BCUT2D eigenvalue weighted by Gasteiger charge is 2.06. The van der Waals surface area contributed by atoms with Gasteiger partial charge in [0.1, 0.15) is 18.1 Å². The van der Waals surface area contributed by atoms with E-state index in [4.69, 9.17) is 13.9 Å². The number of para-hydroxylation sites is 2. The van der Waals surface area contributed by atoms with Crippen LogP contribution in [0.4, 0.5) is 0 Å². The van der Waals surface area contributed by atoms with Gasteiger partial charge in [0.2, 0.25) is 0 Å². The van der Waals surface area contributed by atoms with Crippen molar-refractivity contribution in [1.82, 2.24) is 5.32 Å². The fraction of sp³-hybridized carbons (Fsp3) is 0.375. The van der Waals surface area contributed by atoms with E-state index in [0.29, 0.717) is 18.4 Å². The molecule has 0 aliphatic rings. The fourth-order valence-corrected chi connectivity index (χ4v) is 1.79. The van der Waals surface area contributed by atoms with Crippen LogP contribution in [0.1, 0.15) is 25.4 Å². The predicted molar refractivity (Wildman–Crippen MR) is 78.0 cm³/mol. The van der Waals surface area contributed by atoms with E-state index >= 15 is 0 Å². The van der Waals surface area contributed by atoms with Gasteiger partial charge in [0, 0.05) is 6.04 Å². The lowest BCUT2D eigenvalue weighted by atomic mass is 10.3. The minimum Gasteiger partial charge on any atom is -0.493 e. The van der Waals surface area contributed by atoms with Gasteiger partial charge in [-0.3, -0.25) is 0 Å². The molecule has 2 aromatic rings. The Kier molecular flexibility index (Phi) is 5.07. The van der Waals surface area contributed by atoms with Crippen molar-refractivity contribution in [3.63, 3.8) is 0 Å². The van der Waals surface area contributed by atoms with Crippen LogP contribution in [0.3, 0.4) is 0 Å². The zero-order valence-corrected chi connectivity index (χ0v) is 12.2. The summed E-state index contributed by atoms with van der Waals surface area (Å²) in [6, 6.07) is 11.9. The molecule has 0 aliphatic carbocycles. The maximum Gasteiger partial charge on any atom is 0.161 e. The Balaban J connectivity index is 1.91. The molecule has 0 unspecified atom stereocenters. The lowest BCUT2D eigenvalue weighted by molar-refractivity contribution is 0.252. The summed E-state index contributed by atoms with van der Waals surface area (Å²) in [5.74, 6) is 3.16. The topological polar surface area (TPSA) is 43.6 Å². The summed E-state index contributed by atoms with van der Waals surface area (Å²) in [5.41, 5.74) is 0. The fourth-order valence-electron chi connectivity index (χ4n) is 1.79. The van der Waals surface area contributed by atoms with E-state index in [-0.39, 0.29) is 0 Å². The standard InChI is InChI=1S/C16H21NO3/c1-12(2)17-10-13-8-9-14(20-13)11-19-16-7-5-4-6-15(16)18-3/h4-9,12,17H,10-11H2,1-3H3. The normalized spacial score (nSPS) is 10.8. The second-order valence-corrected chi connectivity index (χ2v) is 4.84. The first-order valence-electron chi connectivity index (χ1n) is 6.76. The number of rotatable bonds is 7. The van der Waals surface area contributed by atoms with Crippen molar-refractivity contribution in [2.45, 2.75) is 33.0 Å². The van der Waals surface area contributed by atoms with Gasteiger partial charge in [-0.2, -0.15) is 0 Å². The van der Waals surface area contributed by atoms with Crippen molar-refractivity contribution in [2.75, 3.05) is 7.11 Å². The maximum absolute atomic E-state index is 5.71. The lowest BCUT2D eigenvalue weighted by Gasteiger charge is -2.09. The van der Waals surface area contributed by atoms with E-state index < -0.39 is 0 Å². The predicted octanol–water partition coefficient (Wildman–Crippen LogP) is 3.37. The third kappa shape index (κ3) is 4.03. The van der Waals surface area contributed by atoms with Crippen LogP contribution in [-0.4, -0.2) is 13.2 Å². The van der Waals surface area contributed by atoms with Crippen molar-refractivity contribution >= 4 is 0 Å². The molecule has 0 saturated heterocycles. The van der Waals surface area contributed by atoms with E-state index in [9.17, 15) is 0 Å². The molecular formula is C16H21NO3. The van der Waals surface area contributed by atoms with Crippen molar-refractivity contribution < 1.29 is 13.9 Å². The molecule has 0 spiro atoms. The molecule has 0 amide bonds. The van der Waals surface area contributed by atoms with Gasteiger partial charge in [0.05, 0.1) is 13.7 Å². The molecule has 2 rings (SSSR count). The molecular weight excluding hydrogens is 254 g/mol. The SMILES string of the molecule is COc1ccccc1OCc1ccc(CNC(C)C)o1. The Labute approximate surface area is 119 Å². The second kappa shape index (κ2) is 7.01. The Hall–Kier alpha value is -1.94. The first kappa shape index (κ1) is 14.5. The Morgan fingerprint density at radius 1 is 1.05 bits per heavy atom. The highest BCUT2D eigenvalue weighted by molar-refractivity contribution is 5.39. The molecule has 0 fully saturated rings. The van der Waals surface area contributed by atoms with Crippen LogP contribution in [0.15, 0.2) is 40.8 Å². The molecule has 1 aromatic carbocycles. The van der Waals surface area contributed by atoms with Crippen LogP contribution in [0.2, 0.25) is 0 Å². The Morgan fingerprint density at radius 2 is 1.75 bits per heavy atom. The van der Waals surface area contributed by atoms with Crippen LogP contribution in [0.25, 0.3) is 0 Å². The smallest absolute Gasteiger partial charge is 0.161 e. The highest BCUT2D eigenvalue weighted by atomic mass is 16.5. The number of hydrogen-bond donors (Lipinski definition) is 1. The highest BCUT2D eigenvalue weighted by Crippen LogP contribution is 2.26. The van der Waals surface area contributed by atoms with Crippen molar-refractivity contribution in [1.29, 1.82) is 0 Å². The molecule has 0 radical (unpaired) electrons. The summed E-state index contributed by atoms with van der Waals surface area (Å²) >= 11 is 0. The molecule has 1 heterocycles. The molecule has 4 nitrogen and oxygen atoms in total. The summed E-state index contributed by atoms with van der Waals surface area (Å²) < 4.78 is 16.7. The first-order chi connectivity index (χ1) is 9.69. The molecule has 1 aromatic heterocycles. The quantitative estimate of drug-likeness (QED) is 0.841. The molecule has 1 N–H and O–H groups in total. The summed E-state index contributed by atoms with van der Waals surface area (Å²) in [5, 5.41) is 3.31. The third-order valence-corrected chi connectivity index (χ3v) is 2.84. The zero-order valence-electron chi connectivity index (χ0n) is 12.2. The van der Waals surface area contributed by atoms with Crippen LogP contribution in [0, 0.1) is 0 Å². The van der Waals surface area contributed by atoms with Crippen molar-refractivity contribution in [3.05, 3.63) is 47.9 Å². The summed E-state index contributed by atoms with van der Waals surface area (Å²) in [7, 11) is 1.63. The molecule has 0 bridgehead atoms.